The van der Waals surface area contributed by atoms with Crippen LogP contribution in [0.2, 0.25) is 0 Å². The van der Waals surface area contributed by atoms with Crippen LogP contribution < -0.4 is 0 Å². The van der Waals surface area contributed by atoms with Crippen LogP contribution in [0.5, 0.6) is 0 Å². The molecule has 2 aliphatic rings. The van der Waals surface area contributed by atoms with Crippen molar-refractivity contribution in [1.82, 2.24) is 14.3 Å². The average molecular weight is 301 g/mol. The first-order valence-electron chi connectivity index (χ1n) is 7.66. The molecule has 0 aromatic carbocycles. The number of ether oxygens (including phenoxy) is 1. The van der Waals surface area contributed by atoms with Crippen LogP contribution in [0.4, 0.5) is 0 Å². The lowest BCUT2D eigenvalue weighted by Crippen LogP contribution is -2.44. The smallest absolute Gasteiger partial charge is 0.274 e. The van der Waals surface area contributed by atoms with E-state index in [0.29, 0.717) is 18.2 Å². The Kier molecular flexibility index (Phi) is 3.16. The fourth-order valence-electron chi connectivity index (χ4n) is 3.07. The number of aliphatic hydroxyl groups is 1. The Bertz CT molecular complexity index is 722. The number of rotatable bonds is 3. The number of hydrogen-bond donors (Lipinski definition) is 1. The van der Waals surface area contributed by atoms with Crippen molar-refractivity contribution in [2.45, 2.75) is 30.9 Å². The number of imidazole rings is 1. The number of likely N-dealkylation sites (N-methyl/N-ethyl adjacent to an activating group) is 1. The van der Waals surface area contributed by atoms with E-state index in [1.54, 1.807) is 11.9 Å². The number of hydrogen-bond acceptors (Lipinski definition) is 4. The summed E-state index contributed by atoms with van der Waals surface area (Å²) >= 11 is 0. The van der Waals surface area contributed by atoms with E-state index in [1.807, 2.05) is 28.8 Å². The number of carbonyl (C=O) groups is 1. The van der Waals surface area contributed by atoms with Crippen molar-refractivity contribution in [1.29, 1.82) is 0 Å². The Hall–Kier alpha value is -1.92. The number of carbonyl (C=O) groups excluding carboxylic acids is 1. The normalized spacial score (nSPS) is 24.8. The second-order valence-corrected chi connectivity index (χ2v) is 6.14. The lowest BCUT2D eigenvalue weighted by atomic mass is 10.1. The zero-order valence-electron chi connectivity index (χ0n) is 12.5. The fraction of sp³-hybridized carbons (Fsp3) is 0.500. The second kappa shape index (κ2) is 5.07. The topological polar surface area (TPSA) is 67.1 Å². The molecule has 1 aliphatic carbocycles. The van der Waals surface area contributed by atoms with Crippen LogP contribution in [0.3, 0.4) is 0 Å². The molecule has 6 nitrogen and oxygen atoms in total. The molecular formula is C16H19N3O3. The number of fused-ring (bicyclic) bond motifs is 1. The Labute approximate surface area is 128 Å². The largest absolute Gasteiger partial charge is 0.388 e. The molecule has 0 radical (unpaired) electrons. The zero-order chi connectivity index (χ0) is 15.3. The molecule has 2 aromatic heterocycles. The average Bonchev–Trinajstić information content (AvgIpc) is 3.17. The number of nitrogens with zero attached hydrogens (tertiary/aromatic N) is 3. The SMILES string of the molecule is CN(C(=O)c1nc(C2CC2)n2ccccc12)[C@@H]1COC[C@H]1O. The van der Waals surface area contributed by atoms with E-state index in [1.165, 1.54) is 0 Å². The molecule has 4 rings (SSSR count). The van der Waals surface area contributed by atoms with Crippen LogP contribution >= 0.6 is 0 Å². The van der Waals surface area contributed by atoms with Crippen LogP contribution in [0, 0.1) is 0 Å². The van der Waals surface area contributed by atoms with Crippen LogP contribution in [0.1, 0.15) is 35.1 Å². The van der Waals surface area contributed by atoms with Crippen molar-refractivity contribution in [3.8, 4) is 0 Å². The monoisotopic (exact) mass is 301 g/mol. The van der Waals surface area contributed by atoms with Gasteiger partial charge in [0.05, 0.1) is 30.9 Å². The van der Waals surface area contributed by atoms with Crippen LogP contribution in [-0.4, -0.2) is 57.7 Å². The van der Waals surface area contributed by atoms with Crippen LogP contribution in [0.15, 0.2) is 24.4 Å². The Morgan fingerprint density at radius 1 is 1.41 bits per heavy atom. The van der Waals surface area contributed by atoms with Crippen molar-refractivity contribution < 1.29 is 14.6 Å². The molecule has 3 heterocycles. The highest BCUT2D eigenvalue weighted by Gasteiger charge is 2.35. The molecule has 2 fully saturated rings. The van der Waals surface area contributed by atoms with E-state index in [9.17, 15) is 9.90 Å². The summed E-state index contributed by atoms with van der Waals surface area (Å²) in [6, 6.07) is 5.48. The molecule has 2 atom stereocenters. The van der Waals surface area contributed by atoms with Crippen molar-refractivity contribution in [3.63, 3.8) is 0 Å². The third-order valence-corrected chi connectivity index (χ3v) is 4.56. The Morgan fingerprint density at radius 2 is 2.23 bits per heavy atom. The molecule has 116 valence electrons. The number of pyridine rings is 1. The predicted molar refractivity (Wildman–Crippen MR) is 79.9 cm³/mol. The van der Waals surface area contributed by atoms with Crippen molar-refractivity contribution in [2.75, 3.05) is 20.3 Å². The molecule has 0 spiro atoms. The quantitative estimate of drug-likeness (QED) is 0.920. The lowest BCUT2D eigenvalue weighted by molar-refractivity contribution is 0.0578. The predicted octanol–water partition coefficient (Wildman–Crippen LogP) is 1.04. The van der Waals surface area contributed by atoms with Gasteiger partial charge in [0, 0.05) is 19.2 Å². The van der Waals surface area contributed by atoms with Gasteiger partial charge >= 0.3 is 0 Å². The summed E-state index contributed by atoms with van der Waals surface area (Å²) in [5.74, 6) is 1.27. The molecule has 0 unspecified atom stereocenters. The van der Waals surface area contributed by atoms with E-state index in [4.69, 9.17) is 4.74 Å². The fourth-order valence-corrected chi connectivity index (χ4v) is 3.07. The van der Waals surface area contributed by atoms with Crippen molar-refractivity contribution >= 4 is 11.4 Å². The molecular weight excluding hydrogens is 282 g/mol. The van der Waals surface area contributed by atoms with Gasteiger partial charge in [0.25, 0.3) is 5.91 Å². The van der Waals surface area contributed by atoms with Crippen LogP contribution in [-0.2, 0) is 4.74 Å². The van der Waals surface area contributed by atoms with Gasteiger partial charge in [-0.25, -0.2) is 4.98 Å². The van der Waals surface area contributed by atoms with E-state index in [2.05, 4.69) is 4.98 Å². The third kappa shape index (κ3) is 2.10. The molecule has 0 bridgehead atoms. The number of aromatic nitrogens is 2. The lowest BCUT2D eigenvalue weighted by Gasteiger charge is -2.25. The van der Waals surface area contributed by atoms with Gasteiger partial charge in [-0.15, -0.1) is 0 Å². The highest BCUT2D eigenvalue weighted by Crippen LogP contribution is 2.40. The standard InChI is InChI=1S/C16H19N3O3/c1-18(12-8-22-9-13(12)20)16(21)14-11-4-2-3-7-19(11)15(17-14)10-5-6-10/h2-4,7,10,12-13,20H,5-6,8-9H2,1H3/t12-,13-/m1/s1. The number of aliphatic hydroxyl groups excluding tert-OH is 1. The Balaban J connectivity index is 1.72. The highest BCUT2D eigenvalue weighted by atomic mass is 16.5. The summed E-state index contributed by atoms with van der Waals surface area (Å²) in [7, 11) is 1.70. The molecule has 22 heavy (non-hydrogen) atoms. The summed E-state index contributed by atoms with van der Waals surface area (Å²) < 4.78 is 7.26. The van der Waals surface area contributed by atoms with E-state index < -0.39 is 6.10 Å². The maximum atomic E-state index is 12.8. The summed E-state index contributed by atoms with van der Waals surface area (Å²) in [6.07, 6.45) is 3.59. The van der Waals surface area contributed by atoms with Gasteiger partial charge in [0.15, 0.2) is 5.69 Å². The molecule has 2 aromatic rings. The number of amides is 1. The zero-order valence-corrected chi connectivity index (χ0v) is 12.5. The minimum Gasteiger partial charge on any atom is -0.388 e. The Morgan fingerprint density at radius 3 is 2.91 bits per heavy atom. The minimum absolute atomic E-state index is 0.162. The van der Waals surface area contributed by atoms with E-state index in [0.717, 1.165) is 24.2 Å². The van der Waals surface area contributed by atoms with Gasteiger partial charge in [0.2, 0.25) is 0 Å². The van der Waals surface area contributed by atoms with Crippen molar-refractivity contribution in [3.05, 3.63) is 35.9 Å². The molecule has 1 N–H and O–H groups in total. The third-order valence-electron chi connectivity index (χ3n) is 4.56. The van der Waals surface area contributed by atoms with Gasteiger partial charge in [-0.1, -0.05) is 6.07 Å². The van der Waals surface area contributed by atoms with Gasteiger partial charge in [-0.3, -0.25) is 4.79 Å². The maximum Gasteiger partial charge on any atom is 0.274 e. The first-order valence-corrected chi connectivity index (χ1v) is 7.66. The molecule has 1 aliphatic heterocycles. The summed E-state index contributed by atoms with van der Waals surface area (Å²) in [4.78, 5) is 19.0. The molecule has 1 saturated heterocycles. The minimum atomic E-state index is -0.634. The second-order valence-electron chi connectivity index (χ2n) is 6.14. The highest BCUT2D eigenvalue weighted by molar-refractivity contribution is 5.99. The van der Waals surface area contributed by atoms with E-state index in [-0.39, 0.29) is 18.6 Å². The van der Waals surface area contributed by atoms with Gasteiger partial charge < -0.3 is 19.1 Å². The first kappa shape index (κ1) is 13.7. The van der Waals surface area contributed by atoms with Gasteiger partial charge in [-0.05, 0) is 25.0 Å². The molecule has 1 amide bonds. The summed E-state index contributed by atoms with van der Waals surface area (Å²) in [5.41, 5.74) is 1.29. The molecule has 6 heteroatoms. The van der Waals surface area contributed by atoms with Gasteiger partial charge in [0.1, 0.15) is 5.82 Å². The summed E-state index contributed by atoms with van der Waals surface area (Å²) in [6.45, 7) is 0.643. The van der Waals surface area contributed by atoms with Crippen LogP contribution in [0.25, 0.3) is 5.52 Å². The molecule has 1 saturated carbocycles. The maximum absolute atomic E-state index is 12.8. The van der Waals surface area contributed by atoms with Crippen molar-refractivity contribution in [2.24, 2.45) is 0 Å². The van der Waals surface area contributed by atoms with Gasteiger partial charge in [-0.2, -0.15) is 0 Å². The van der Waals surface area contributed by atoms with E-state index >= 15 is 0 Å². The first-order chi connectivity index (χ1) is 10.7. The summed E-state index contributed by atoms with van der Waals surface area (Å²) in [5, 5.41) is 9.93.